The first-order chi connectivity index (χ1) is 14.9. The van der Waals surface area contributed by atoms with E-state index in [2.05, 4.69) is 21.9 Å². The molecule has 1 aliphatic heterocycles. The normalized spacial score (nSPS) is 17.7. The summed E-state index contributed by atoms with van der Waals surface area (Å²) in [7, 11) is 0. The Morgan fingerprint density at radius 3 is 2.50 bits per heavy atom. The molecule has 0 saturated carbocycles. The number of amides is 1. The van der Waals surface area contributed by atoms with Crippen molar-refractivity contribution in [1.82, 2.24) is 20.2 Å². The van der Waals surface area contributed by atoms with Gasteiger partial charge in [-0.3, -0.25) is 10.1 Å². The number of likely N-dealkylation sites (tertiary alicyclic amines) is 1. The highest BCUT2D eigenvalue weighted by Gasteiger charge is 2.39. The van der Waals surface area contributed by atoms with Crippen molar-refractivity contribution in [2.24, 2.45) is 5.92 Å². The molecule has 9 heteroatoms. The van der Waals surface area contributed by atoms with E-state index in [1.807, 2.05) is 32.6 Å². The summed E-state index contributed by atoms with van der Waals surface area (Å²) in [6, 6.07) is -0.688. The van der Waals surface area contributed by atoms with Crippen LogP contribution in [0, 0.1) is 19.8 Å². The maximum absolute atomic E-state index is 13.5. The summed E-state index contributed by atoms with van der Waals surface area (Å²) in [6.45, 7) is 15.7. The van der Waals surface area contributed by atoms with Crippen LogP contribution < -0.4 is 5.32 Å². The molecule has 3 rings (SSSR count). The van der Waals surface area contributed by atoms with Gasteiger partial charge in [-0.05, 0) is 46.5 Å². The molecule has 32 heavy (non-hydrogen) atoms. The molecule has 3 heterocycles. The van der Waals surface area contributed by atoms with Gasteiger partial charge in [0.15, 0.2) is 11.4 Å². The quantitative estimate of drug-likeness (QED) is 0.588. The molecule has 174 valence electrons. The van der Waals surface area contributed by atoms with Crippen LogP contribution in [0.25, 0.3) is 11.6 Å². The zero-order chi connectivity index (χ0) is 23.8. The Bertz CT molecular complexity index is 1020. The topological polar surface area (TPSA) is 122 Å². The zero-order valence-corrected chi connectivity index (χ0v) is 19.6. The molecule has 0 spiro atoms. The number of hydrogen-bond donors (Lipinski definition) is 2. The second-order valence-electron chi connectivity index (χ2n) is 9.17. The van der Waals surface area contributed by atoms with Gasteiger partial charge in [-0.15, -0.1) is 6.58 Å². The molecule has 9 nitrogen and oxygen atoms in total. The van der Waals surface area contributed by atoms with Gasteiger partial charge in [0.1, 0.15) is 17.6 Å². The number of nitrogens with one attached hydrogen (secondary N) is 1. The lowest BCUT2D eigenvalue weighted by molar-refractivity contribution is -0.136. The van der Waals surface area contributed by atoms with E-state index in [4.69, 9.17) is 8.83 Å². The van der Waals surface area contributed by atoms with E-state index in [9.17, 15) is 14.7 Å². The summed E-state index contributed by atoms with van der Waals surface area (Å²) in [4.78, 5) is 35.2. The van der Waals surface area contributed by atoms with Crippen LogP contribution in [-0.2, 0) is 4.79 Å². The first-order valence-corrected chi connectivity index (χ1v) is 10.9. The minimum absolute atomic E-state index is 0.00467. The van der Waals surface area contributed by atoms with Crippen LogP contribution in [0.3, 0.4) is 0 Å². The Balaban J connectivity index is 1.89. The van der Waals surface area contributed by atoms with Crippen molar-refractivity contribution in [3.05, 3.63) is 35.8 Å². The highest BCUT2D eigenvalue weighted by molar-refractivity contribution is 5.87. The standard InChI is InChI=1S/C23H32N4O5/c1-8-23(6,7)26-16(12(2)3)21(28)27-11-9-10-15(27)19-24-17(13(4)31-19)20-25-18(22(29)30)14(5)32-20/h8,12,15-16,26H,1,9-11H2,2-7H3,(H,29,30)/t15-,16-/m0/s1. The predicted molar refractivity (Wildman–Crippen MR) is 118 cm³/mol. The van der Waals surface area contributed by atoms with Gasteiger partial charge in [0.2, 0.25) is 17.7 Å². The molecule has 1 amide bonds. The predicted octanol–water partition coefficient (Wildman–Crippen LogP) is 3.89. The van der Waals surface area contributed by atoms with Crippen LogP contribution in [-0.4, -0.2) is 50.0 Å². The third-order valence-electron chi connectivity index (χ3n) is 5.81. The van der Waals surface area contributed by atoms with Crippen LogP contribution in [0.1, 0.15) is 74.5 Å². The maximum Gasteiger partial charge on any atom is 0.358 e. The average Bonchev–Trinajstić information content (AvgIpc) is 3.43. The number of carbonyl (C=O) groups excluding carboxylic acids is 1. The Morgan fingerprint density at radius 1 is 1.25 bits per heavy atom. The smallest absolute Gasteiger partial charge is 0.358 e. The lowest BCUT2D eigenvalue weighted by atomic mass is 9.97. The lowest BCUT2D eigenvalue weighted by Gasteiger charge is -2.34. The monoisotopic (exact) mass is 444 g/mol. The third-order valence-corrected chi connectivity index (χ3v) is 5.81. The largest absolute Gasteiger partial charge is 0.476 e. The molecule has 2 atom stereocenters. The van der Waals surface area contributed by atoms with Crippen molar-refractivity contribution < 1.29 is 23.5 Å². The minimum Gasteiger partial charge on any atom is -0.476 e. The molecule has 1 fully saturated rings. The molecule has 2 N–H and O–H groups in total. The van der Waals surface area contributed by atoms with Gasteiger partial charge in [-0.1, -0.05) is 19.9 Å². The molecular weight excluding hydrogens is 412 g/mol. The third kappa shape index (κ3) is 4.62. The van der Waals surface area contributed by atoms with Gasteiger partial charge in [0, 0.05) is 12.1 Å². The van der Waals surface area contributed by atoms with Crippen molar-refractivity contribution in [3.8, 4) is 11.6 Å². The Hall–Kier alpha value is -2.94. The number of carboxylic acids is 1. The van der Waals surface area contributed by atoms with Gasteiger partial charge in [0.05, 0.1) is 6.04 Å². The molecule has 0 aliphatic carbocycles. The van der Waals surface area contributed by atoms with E-state index >= 15 is 0 Å². The molecule has 0 aromatic carbocycles. The van der Waals surface area contributed by atoms with Crippen LogP contribution >= 0.6 is 0 Å². The van der Waals surface area contributed by atoms with E-state index in [1.54, 1.807) is 13.0 Å². The second kappa shape index (κ2) is 8.90. The minimum atomic E-state index is -1.17. The first kappa shape index (κ1) is 23.7. The van der Waals surface area contributed by atoms with Crippen LogP contribution in [0.15, 0.2) is 21.5 Å². The number of hydrogen-bond acceptors (Lipinski definition) is 7. The van der Waals surface area contributed by atoms with Crippen LogP contribution in [0.4, 0.5) is 0 Å². The highest BCUT2D eigenvalue weighted by atomic mass is 16.4. The number of aromatic nitrogens is 2. The number of aryl methyl sites for hydroxylation is 2. The fourth-order valence-electron chi connectivity index (χ4n) is 3.89. The van der Waals surface area contributed by atoms with Crippen LogP contribution in [0.2, 0.25) is 0 Å². The van der Waals surface area contributed by atoms with Crippen molar-refractivity contribution in [3.63, 3.8) is 0 Å². The Kier molecular flexibility index (Phi) is 6.59. The fraction of sp³-hybridized carbons (Fsp3) is 0.565. The van der Waals surface area contributed by atoms with E-state index in [0.29, 0.717) is 23.9 Å². The van der Waals surface area contributed by atoms with Gasteiger partial charge in [-0.2, -0.15) is 0 Å². The van der Waals surface area contributed by atoms with Crippen molar-refractivity contribution in [2.75, 3.05) is 6.54 Å². The van der Waals surface area contributed by atoms with Gasteiger partial charge in [-0.25, -0.2) is 14.8 Å². The lowest BCUT2D eigenvalue weighted by Crippen LogP contribution is -2.55. The zero-order valence-electron chi connectivity index (χ0n) is 19.6. The fourth-order valence-corrected chi connectivity index (χ4v) is 3.89. The summed E-state index contributed by atoms with van der Waals surface area (Å²) in [6.07, 6.45) is 3.36. The molecule has 1 aliphatic rings. The summed E-state index contributed by atoms with van der Waals surface area (Å²) in [5.41, 5.74) is -0.199. The molecule has 0 bridgehead atoms. The van der Waals surface area contributed by atoms with Gasteiger partial charge >= 0.3 is 5.97 Å². The van der Waals surface area contributed by atoms with Gasteiger partial charge < -0.3 is 18.8 Å². The van der Waals surface area contributed by atoms with Crippen LogP contribution in [0.5, 0.6) is 0 Å². The number of rotatable bonds is 8. The Morgan fingerprint density at radius 2 is 1.94 bits per heavy atom. The molecule has 2 aromatic heterocycles. The maximum atomic E-state index is 13.5. The molecule has 2 aromatic rings. The summed E-state index contributed by atoms with van der Waals surface area (Å²) >= 11 is 0. The van der Waals surface area contributed by atoms with Crippen molar-refractivity contribution in [2.45, 2.75) is 72.0 Å². The average molecular weight is 445 g/mol. The SMILES string of the molecule is C=CC(C)(C)N[C@H](C(=O)N1CCC[C@H]1c1nc(-c2nc(C(=O)O)c(C)o2)c(C)o1)C(C)C. The Labute approximate surface area is 187 Å². The summed E-state index contributed by atoms with van der Waals surface area (Å²) in [5.74, 6) is 0.0681. The van der Waals surface area contributed by atoms with E-state index < -0.39 is 11.5 Å². The molecule has 0 unspecified atom stereocenters. The summed E-state index contributed by atoms with van der Waals surface area (Å²) < 4.78 is 11.4. The number of carbonyl (C=O) groups is 2. The van der Waals surface area contributed by atoms with Gasteiger partial charge in [0.25, 0.3) is 0 Å². The van der Waals surface area contributed by atoms with E-state index in [0.717, 1.165) is 12.8 Å². The van der Waals surface area contributed by atoms with Crippen molar-refractivity contribution >= 4 is 11.9 Å². The second-order valence-corrected chi connectivity index (χ2v) is 9.17. The van der Waals surface area contributed by atoms with Crippen molar-refractivity contribution in [1.29, 1.82) is 0 Å². The van der Waals surface area contributed by atoms with E-state index in [-0.39, 0.29) is 41.3 Å². The molecule has 0 radical (unpaired) electrons. The first-order valence-electron chi connectivity index (χ1n) is 10.9. The molecular formula is C23H32N4O5. The highest BCUT2D eigenvalue weighted by Crippen LogP contribution is 2.36. The molecule has 1 saturated heterocycles. The number of carboxylic acid groups (broad SMARTS) is 1. The van der Waals surface area contributed by atoms with E-state index in [1.165, 1.54) is 6.92 Å². The summed E-state index contributed by atoms with van der Waals surface area (Å²) in [5, 5.41) is 12.7. The number of aromatic carboxylic acids is 1. The number of nitrogens with zero attached hydrogens (tertiary/aromatic N) is 3. The number of oxazole rings is 2.